The van der Waals surface area contributed by atoms with E-state index in [-0.39, 0.29) is 11.9 Å². The molecule has 1 fully saturated rings. The summed E-state index contributed by atoms with van der Waals surface area (Å²) in [5.41, 5.74) is 1.04. The van der Waals surface area contributed by atoms with Gasteiger partial charge in [-0.2, -0.15) is 0 Å². The molecule has 1 aromatic heterocycles. The standard InChI is InChI=1S/C14H21N3O/c1-17(11-8-12-6-2-4-9-15-12)14(18)13-7-3-5-10-16-13/h2,4,6,9,13,16H,3,5,7-8,10-11H2,1H3/t13-/m0/s1. The molecule has 1 amide bonds. The van der Waals surface area contributed by atoms with Crippen LogP contribution in [0.2, 0.25) is 0 Å². The first-order valence-electron chi connectivity index (χ1n) is 6.65. The van der Waals surface area contributed by atoms with Crippen molar-refractivity contribution in [2.75, 3.05) is 20.1 Å². The summed E-state index contributed by atoms with van der Waals surface area (Å²) in [5, 5.41) is 3.29. The second kappa shape index (κ2) is 6.50. The van der Waals surface area contributed by atoms with Gasteiger partial charge >= 0.3 is 0 Å². The molecule has 0 aliphatic carbocycles. The van der Waals surface area contributed by atoms with Gasteiger partial charge in [0.1, 0.15) is 0 Å². The highest BCUT2D eigenvalue weighted by Crippen LogP contribution is 2.09. The molecule has 1 aromatic rings. The predicted octanol–water partition coefficient (Wildman–Crippen LogP) is 1.22. The van der Waals surface area contributed by atoms with Crippen molar-refractivity contribution in [1.82, 2.24) is 15.2 Å². The molecule has 0 spiro atoms. The number of nitrogens with one attached hydrogen (secondary N) is 1. The third kappa shape index (κ3) is 3.53. The molecule has 98 valence electrons. The molecule has 1 N–H and O–H groups in total. The summed E-state index contributed by atoms with van der Waals surface area (Å²) in [6.07, 6.45) is 5.90. The van der Waals surface area contributed by atoms with E-state index in [9.17, 15) is 4.79 Å². The maximum atomic E-state index is 12.2. The first kappa shape index (κ1) is 13.0. The highest BCUT2D eigenvalue weighted by Gasteiger charge is 2.23. The molecule has 1 saturated heterocycles. The molecule has 0 aromatic carbocycles. The van der Waals surface area contributed by atoms with Gasteiger partial charge in [0, 0.05) is 31.9 Å². The highest BCUT2D eigenvalue weighted by molar-refractivity contribution is 5.81. The van der Waals surface area contributed by atoms with Crippen LogP contribution in [0.25, 0.3) is 0 Å². The lowest BCUT2D eigenvalue weighted by molar-refractivity contribution is -0.132. The number of carbonyl (C=O) groups excluding carboxylic acids is 1. The molecule has 0 saturated carbocycles. The van der Waals surface area contributed by atoms with E-state index in [1.54, 1.807) is 6.20 Å². The van der Waals surface area contributed by atoms with Crippen LogP contribution in [0.15, 0.2) is 24.4 Å². The molecular weight excluding hydrogens is 226 g/mol. The maximum absolute atomic E-state index is 12.2. The van der Waals surface area contributed by atoms with Gasteiger partial charge in [0.25, 0.3) is 0 Å². The van der Waals surface area contributed by atoms with Crippen LogP contribution in [-0.4, -0.2) is 42.0 Å². The van der Waals surface area contributed by atoms with Crippen molar-refractivity contribution < 1.29 is 4.79 Å². The molecule has 4 nitrogen and oxygen atoms in total. The highest BCUT2D eigenvalue weighted by atomic mass is 16.2. The Bertz CT molecular complexity index is 374. The first-order valence-corrected chi connectivity index (χ1v) is 6.65. The fraction of sp³-hybridized carbons (Fsp3) is 0.571. The van der Waals surface area contributed by atoms with Crippen molar-refractivity contribution in [3.05, 3.63) is 30.1 Å². The van der Waals surface area contributed by atoms with Crippen LogP contribution >= 0.6 is 0 Å². The van der Waals surface area contributed by atoms with Crippen LogP contribution in [0, 0.1) is 0 Å². The van der Waals surface area contributed by atoms with E-state index in [0.29, 0.717) is 0 Å². The number of amides is 1. The quantitative estimate of drug-likeness (QED) is 0.870. The van der Waals surface area contributed by atoms with Crippen LogP contribution in [0.1, 0.15) is 25.0 Å². The maximum Gasteiger partial charge on any atom is 0.239 e. The number of hydrogen-bond donors (Lipinski definition) is 1. The van der Waals surface area contributed by atoms with E-state index < -0.39 is 0 Å². The molecule has 2 rings (SSSR count). The molecule has 2 heterocycles. The molecular formula is C14H21N3O. The normalized spacial score (nSPS) is 19.5. The number of nitrogens with zero attached hydrogens (tertiary/aromatic N) is 2. The van der Waals surface area contributed by atoms with Gasteiger partial charge in [0.15, 0.2) is 0 Å². The van der Waals surface area contributed by atoms with Gasteiger partial charge in [0.2, 0.25) is 5.91 Å². The van der Waals surface area contributed by atoms with Crippen LogP contribution in [0.4, 0.5) is 0 Å². The van der Waals surface area contributed by atoms with Crippen molar-refractivity contribution in [2.24, 2.45) is 0 Å². The lowest BCUT2D eigenvalue weighted by atomic mass is 10.0. The summed E-state index contributed by atoms with van der Waals surface area (Å²) in [7, 11) is 1.88. The van der Waals surface area contributed by atoms with E-state index in [2.05, 4.69) is 10.3 Å². The van der Waals surface area contributed by atoms with Gasteiger partial charge in [-0.3, -0.25) is 9.78 Å². The zero-order chi connectivity index (χ0) is 12.8. The predicted molar refractivity (Wildman–Crippen MR) is 71.2 cm³/mol. The van der Waals surface area contributed by atoms with Crippen LogP contribution < -0.4 is 5.32 Å². The van der Waals surface area contributed by atoms with Gasteiger partial charge in [-0.1, -0.05) is 12.5 Å². The van der Waals surface area contributed by atoms with Crippen molar-refractivity contribution >= 4 is 5.91 Å². The zero-order valence-corrected chi connectivity index (χ0v) is 10.9. The van der Waals surface area contributed by atoms with Gasteiger partial charge < -0.3 is 10.2 Å². The van der Waals surface area contributed by atoms with Gasteiger partial charge in [-0.15, -0.1) is 0 Å². The number of rotatable bonds is 4. The Morgan fingerprint density at radius 2 is 2.39 bits per heavy atom. The number of carbonyl (C=O) groups is 1. The van der Waals surface area contributed by atoms with E-state index in [1.165, 1.54) is 6.42 Å². The first-order chi connectivity index (χ1) is 8.77. The Hall–Kier alpha value is -1.42. The number of pyridine rings is 1. The van der Waals surface area contributed by atoms with Crippen LogP contribution in [-0.2, 0) is 11.2 Å². The number of hydrogen-bond acceptors (Lipinski definition) is 3. The molecule has 4 heteroatoms. The van der Waals surface area contributed by atoms with E-state index in [4.69, 9.17) is 0 Å². The van der Waals surface area contributed by atoms with Gasteiger partial charge in [-0.05, 0) is 31.5 Å². The van der Waals surface area contributed by atoms with Gasteiger partial charge in [0.05, 0.1) is 6.04 Å². The molecule has 1 aliphatic heterocycles. The molecule has 0 bridgehead atoms. The fourth-order valence-corrected chi connectivity index (χ4v) is 2.27. The Labute approximate surface area is 108 Å². The Morgan fingerprint density at radius 3 is 3.06 bits per heavy atom. The van der Waals surface area contributed by atoms with E-state index >= 15 is 0 Å². The second-order valence-corrected chi connectivity index (χ2v) is 4.83. The molecule has 1 aliphatic rings. The number of piperidine rings is 1. The summed E-state index contributed by atoms with van der Waals surface area (Å²) in [6.45, 7) is 1.69. The monoisotopic (exact) mass is 247 g/mol. The summed E-state index contributed by atoms with van der Waals surface area (Å²) >= 11 is 0. The minimum absolute atomic E-state index is 0.0208. The van der Waals surface area contributed by atoms with Crippen LogP contribution in [0.5, 0.6) is 0 Å². The topological polar surface area (TPSA) is 45.2 Å². The molecule has 18 heavy (non-hydrogen) atoms. The minimum Gasteiger partial charge on any atom is -0.344 e. The molecule has 0 unspecified atom stereocenters. The molecule has 1 atom stereocenters. The third-order valence-corrected chi connectivity index (χ3v) is 3.41. The fourth-order valence-electron chi connectivity index (χ4n) is 2.27. The summed E-state index contributed by atoms with van der Waals surface area (Å²) in [6, 6.07) is 5.90. The van der Waals surface area contributed by atoms with Crippen molar-refractivity contribution in [2.45, 2.75) is 31.7 Å². The summed E-state index contributed by atoms with van der Waals surface area (Å²) < 4.78 is 0. The van der Waals surface area contributed by atoms with E-state index in [1.807, 2.05) is 30.1 Å². The third-order valence-electron chi connectivity index (χ3n) is 3.41. The SMILES string of the molecule is CN(CCc1ccccn1)C(=O)[C@@H]1CCCCN1. The molecule has 0 radical (unpaired) electrons. The van der Waals surface area contributed by atoms with Gasteiger partial charge in [-0.25, -0.2) is 0 Å². The van der Waals surface area contributed by atoms with Crippen molar-refractivity contribution in [3.63, 3.8) is 0 Å². The largest absolute Gasteiger partial charge is 0.344 e. The Morgan fingerprint density at radius 1 is 1.50 bits per heavy atom. The van der Waals surface area contributed by atoms with Crippen molar-refractivity contribution in [1.29, 1.82) is 0 Å². The van der Waals surface area contributed by atoms with E-state index in [0.717, 1.165) is 38.0 Å². The lowest BCUT2D eigenvalue weighted by Crippen LogP contribution is -2.47. The summed E-state index contributed by atoms with van der Waals surface area (Å²) in [4.78, 5) is 18.2. The average Bonchev–Trinajstić information content (AvgIpc) is 2.46. The Balaban J connectivity index is 1.80. The average molecular weight is 247 g/mol. The van der Waals surface area contributed by atoms with Crippen molar-refractivity contribution in [3.8, 4) is 0 Å². The Kier molecular flexibility index (Phi) is 4.70. The number of aromatic nitrogens is 1. The number of likely N-dealkylation sites (N-methyl/N-ethyl adjacent to an activating group) is 1. The summed E-state index contributed by atoms with van der Waals surface area (Å²) in [5.74, 6) is 0.214. The van der Waals surface area contributed by atoms with Crippen LogP contribution in [0.3, 0.4) is 0 Å². The second-order valence-electron chi connectivity index (χ2n) is 4.83. The zero-order valence-electron chi connectivity index (χ0n) is 10.9. The smallest absolute Gasteiger partial charge is 0.239 e. The lowest BCUT2D eigenvalue weighted by Gasteiger charge is -2.27. The minimum atomic E-state index is 0.0208.